The second kappa shape index (κ2) is 6.32. The van der Waals surface area contributed by atoms with Crippen LogP contribution < -0.4 is 5.73 Å². The number of carbonyl (C=O) groups is 2. The molecule has 2 amide bonds. The van der Waals surface area contributed by atoms with Crippen molar-refractivity contribution in [3.8, 4) is 0 Å². The Kier molecular flexibility index (Phi) is 5.32. The Bertz CT molecular complexity index is 311. The molecule has 1 aliphatic heterocycles. The largest absolute Gasteiger partial charge is 0.328 e. The van der Waals surface area contributed by atoms with Crippen LogP contribution in [0, 0.1) is 5.41 Å². The van der Waals surface area contributed by atoms with Crippen molar-refractivity contribution >= 4 is 11.8 Å². The number of nitrogens with two attached hydrogens (primary N) is 1. The van der Waals surface area contributed by atoms with E-state index in [1.165, 1.54) is 4.90 Å². The Morgan fingerprint density at radius 2 is 1.89 bits per heavy atom. The summed E-state index contributed by atoms with van der Waals surface area (Å²) in [6.07, 6.45) is 4.71. The molecule has 18 heavy (non-hydrogen) atoms. The third kappa shape index (κ3) is 2.58. The summed E-state index contributed by atoms with van der Waals surface area (Å²) in [4.78, 5) is 26.1. The summed E-state index contributed by atoms with van der Waals surface area (Å²) >= 11 is 0. The molecule has 0 aliphatic carbocycles. The molecule has 0 saturated carbocycles. The molecule has 0 aromatic rings. The number of likely N-dealkylation sites (tertiary alicyclic amines) is 1. The molecule has 1 atom stereocenters. The monoisotopic (exact) mass is 254 g/mol. The van der Waals surface area contributed by atoms with Gasteiger partial charge >= 0.3 is 0 Å². The first kappa shape index (κ1) is 15.2. The van der Waals surface area contributed by atoms with Crippen molar-refractivity contribution in [3.63, 3.8) is 0 Å². The fourth-order valence-electron chi connectivity index (χ4n) is 2.78. The lowest BCUT2D eigenvalue weighted by molar-refractivity contribution is -0.144. The van der Waals surface area contributed by atoms with E-state index in [2.05, 4.69) is 6.92 Å². The van der Waals surface area contributed by atoms with Crippen LogP contribution in [0.1, 0.15) is 59.3 Å². The Balaban J connectivity index is 2.88. The zero-order valence-corrected chi connectivity index (χ0v) is 11.9. The third-order valence-corrected chi connectivity index (χ3v) is 4.31. The standard InChI is InChI=1S/C14H26N2O2/c1-4-7-8-11(10-15)16-12(17)9-14(5-2,6-3)13(16)18/h11H,4-10,15H2,1-3H3. The average Bonchev–Trinajstić information content (AvgIpc) is 2.64. The van der Waals surface area contributed by atoms with Crippen molar-refractivity contribution < 1.29 is 9.59 Å². The van der Waals surface area contributed by atoms with Crippen molar-refractivity contribution in [3.05, 3.63) is 0 Å². The van der Waals surface area contributed by atoms with Gasteiger partial charge in [-0.15, -0.1) is 0 Å². The van der Waals surface area contributed by atoms with Gasteiger partial charge in [-0.3, -0.25) is 14.5 Å². The summed E-state index contributed by atoms with van der Waals surface area (Å²) < 4.78 is 0. The van der Waals surface area contributed by atoms with Gasteiger partial charge in [0.05, 0.1) is 11.5 Å². The SMILES string of the molecule is CCCCC(CN)N1C(=O)CC(CC)(CC)C1=O. The van der Waals surface area contributed by atoms with E-state index < -0.39 is 5.41 Å². The number of rotatable bonds is 7. The lowest BCUT2D eigenvalue weighted by atomic mass is 9.81. The molecule has 0 spiro atoms. The molecule has 1 heterocycles. The van der Waals surface area contributed by atoms with Gasteiger partial charge in [0, 0.05) is 13.0 Å². The van der Waals surface area contributed by atoms with Crippen LogP contribution in [0.5, 0.6) is 0 Å². The number of imide groups is 1. The maximum Gasteiger partial charge on any atom is 0.236 e. The Hall–Kier alpha value is -0.900. The highest BCUT2D eigenvalue weighted by Gasteiger charge is 2.50. The summed E-state index contributed by atoms with van der Waals surface area (Å²) in [7, 11) is 0. The minimum atomic E-state index is -0.462. The van der Waals surface area contributed by atoms with Crippen molar-refractivity contribution in [1.82, 2.24) is 4.90 Å². The molecule has 0 radical (unpaired) electrons. The fourth-order valence-corrected chi connectivity index (χ4v) is 2.78. The second-order valence-corrected chi connectivity index (χ2v) is 5.26. The molecular weight excluding hydrogens is 228 g/mol. The van der Waals surface area contributed by atoms with Gasteiger partial charge in [0.1, 0.15) is 0 Å². The molecule has 4 nitrogen and oxygen atoms in total. The van der Waals surface area contributed by atoms with Crippen LogP contribution in [-0.2, 0) is 9.59 Å². The Morgan fingerprint density at radius 1 is 1.28 bits per heavy atom. The van der Waals surface area contributed by atoms with Crippen LogP contribution >= 0.6 is 0 Å². The van der Waals surface area contributed by atoms with Crippen molar-refractivity contribution in [2.24, 2.45) is 11.1 Å². The van der Waals surface area contributed by atoms with Gasteiger partial charge in [0.25, 0.3) is 0 Å². The molecule has 1 aliphatic rings. The number of hydrogen-bond donors (Lipinski definition) is 1. The minimum absolute atomic E-state index is 0.00375. The topological polar surface area (TPSA) is 63.4 Å². The number of carbonyl (C=O) groups excluding carboxylic acids is 2. The molecular formula is C14H26N2O2. The number of hydrogen-bond acceptors (Lipinski definition) is 3. The first-order valence-electron chi connectivity index (χ1n) is 7.12. The molecule has 1 rings (SSSR count). The van der Waals surface area contributed by atoms with E-state index in [1.54, 1.807) is 0 Å². The van der Waals surface area contributed by atoms with E-state index in [0.717, 1.165) is 32.1 Å². The Labute approximate surface area is 110 Å². The smallest absolute Gasteiger partial charge is 0.236 e. The van der Waals surface area contributed by atoms with Gasteiger partial charge in [0.15, 0.2) is 0 Å². The van der Waals surface area contributed by atoms with Gasteiger partial charge < -0.3 is 5.73 Å². The molecule has 2 N–H and O–H groups in total. The molecule has 1 fully saturated rings. The molecule has 4 heteroatoms. The average molecular weight is 254 g/mol. The lowest BCUT2D eigenvalue weighted by Gasteiger charge is -2.28. The van der Waals surface area contributed by atoms with Crippen LogP contribution in [0.3, 0.4) is 0 Å². The normalized spacial score (nSPS) is 20.6. The molecule has 104 valence electrons. The predicted molar refractivity (Wildman–Crippen MR) is 71.9 cm³/mol. The van der Waals surface area contributed by atoms with Crippen molar-refractivity contribution in [2.45, 2.75) is 65.3 Å². The molecule has 1 saturated heterocycles. The van der Waals surface area contributed by atoms with Gasteiger partial charge in [-0.1, -0.05) is 33.6 Å². The van der Waals surface area contributed by atoms with E-state index in [0.29, 0.717) is 13.0 Å². The van der Waals surface area contributed by atoms with Crippen LogP contribution in [-0.4, -0.2) is 29.3 Å². The summed E-state index contributed by atoms with van der Waals surface area (Å²) in [6.45, 7) is 6.45. The maximum absolute atomic E-state index is 12.5. The first-order chi connectivity index (χ1) is 8.56. The summed E-state index contributed by atoms with van der Waals surface area (Å²) in [5.41, 5.74) is 5.28. The van der Waals surface area contributed by atoms with Gasteiger partial charge in [-0.25, -0.2) is 0 Å². The van der Waals surface area contributed by atoms with E-state index in [-0.39, 0.29) is 17.9 Å². The lowest BCUT2D eigenvalue weighted by Crippen LogP contribution is -2.46. The zero-order valence-electron chi connectivity index (χ0n) is 11.9. The zero-order chi connectivity index (χ0) is 13.8. The number of unbranched alkanes of at least 4 members (excludes halogenated alkanes) is 1. The quantitative estimate of drug-likeness (QED) is 0.707. The molecule has 0 aromatic heterocycles. The summed E-state index contributed by atoms with van der Waals surface area (Å²) in [5.74, 6) is -0.0284. The van der Waals surface area contributed by atoms with Gasteiger partial charge in [-0.2, -0.15) is 0 Å². The molecule has 0 bridgehead atoms. The van der Waals surface area contributed by atoms with Crippen LogP contribution in [0.15, 0.2) is 0 Å². The fraction of sp³-hybridized carbons (Fsp3) is 0.857. The molecule has 1 unspecified atom stereocenters. The van der Waals surface area contributed by atoms with E-state index in [9.17, 15) is 9.59 Å². The second-order valence-electron chi connectivity index (χ2n) is 5.26. The predicted octanol–water partition coefficient (Wildman–Crippen LogP) is 2.07. The van der Waals surface area contributed by atoms with E-state index in [1.807, 2.05) is 13.8 Å². The van der Waals surface area contributed by atoms with Crippen molar-refractivity contribution in [2.75, 3.05) is 6.54 Å². The van der Waals surface area contributed by atoms with Crippen LogP contribution in [0.4, 0.5) is 0 Å². The van der Waals surface area contributed by atoms with E-state index >= 15 is 0 Å². The van der Waals surface area contributed by atoms with Crippen LogP contribution in [0.2, 0.25) is 0 Å². The number of nitrogens with zero attached hydrogens (tertiary/aromatic N) is 1. The highest BCUT2D eigenvalue weighted by atomic mass is 16.2. The maximum atomic E-state index is 12.5. The first-order valence-corrected chi connectivity index (χ1v) is 7.12. The summed E-state index contributed by atoms with van der Waals surface area (Å²) in [5, 5.41) is 0. The van der Waals surface area contributed by atoms with Crippen LogP contribution in [0.25, 0.3) is 0 Å². The summed E-state index contributed by atoms with van der Waals surface area (Å²) in [6, 6.07) is -0.107. The highest BCUT2D eigenvalue weighted by Crippen LogP contribution is 2.40. The Morgan fingerprint density at radius 3 is 2.28 bits per heavy atom. The minimum Gasteiger partial charge on any atom is -0.328 e. The third-order valence-electron chi connectivity index (χ3n) is 4.31. The van der Waals surface area contributed by atoms with Gasteiger partial charge in [-0.05, 0) is 19.3 Å². The molecule has 0 aromatic carbocycles. The van der Waals surface area contributed by atoms with E-state index in [4.69, 9.17) is 5.73 Å². The van der Waals surface area contributed by atoms with Crippen molar-refractivity contribution in [1.29, 1.82) is 0 Å². The number of amides is 2. The van der Waals surface area contributed by atoms with Gasteiger partial charge in [0.2, 0.25) is 11.8 Å². The highest BCUT2D eigenvalue weighted by molar-refractivity contribution is 6.06.